The van der Waals surface area contributed by atoms with Crippen LogP contribution in [0, 0.1) is 0 Å². The Labute approximate surface area is 142 Å². The molecule has 2 rings (SSSR count). The molecule has 1 aromatic carbocycles. The van der Waals surface area contributed by atoms with Crippen LogP contribution in [0.3, 0.4) is 0 Å². The Hall–Kier alpha value is -1.75. The fourth-order valence-electron chi connectivity index (χ4n) is 2.56. The molecule has 5 heteroatoms. The fraction of sp³-hybridized carbons (Fsp3) is 0.444. The number of thioether (sulfide) groups is 1. The SMILES string of the molecule is CC[C@@H](C)N1C(=O)S/C(=C/c2ccc(N(CC)CC)cc2)C1=O. The molecule has 0 saturated carbocycles. The minimum absolute atomic E-state index is 0.0570. The van der Waals surface area contributed by atoms with Crippen LogP contribution in [0.25, 0.3) is 6.08 Å². The molecular weight excluding hydrogens is 308 g/mol. The van der Waals surface area contributed by atoms with Gasteiger partial charge < -0.3 is 4.90 Å². The Bertz CT molecular complexity index is 606. The molecule has 1 aromatic rings. The zero-order chi connectivity index (χ0) is 17.0. The summed E-state index contributed by atoms with van der Waals surface area (Å²) in [5, 5.41) is -0.171. The highest BCUT2D eigenvalue weighted by molar-refractivity contribution is 8.18. The van der Waals surface area contributed by atoms with E-state index in [1.807, 2.05) is 26.0 Å². The van der Waals surface area contributed by atoms with Gasteiger partial charge in [0.05, 0.1) is 4.91 Å². The lowest BCUT2D eigenvalue weighted by Crippen LogP contribution is -2.36. The van der Waals surface area contributed by atoms with Crippen LogP contribution < -0.4 is 4.90 Å². The fourth-order valence-corrected chi connectivity index (χ4v) is 3.49. The summed E-state index contributed by atoms with van der Waals surface area (Å²) in [5.41, 5.74) is 2.11. The molecule has 1 fully saturated rings. The Morgan fingerprint density at radius 2 is 1.74 bits per heavy atom. The standard InChI is InChI=1S/C18H24N2O2S/c1-5-13(4)20-17(21)16(23-18(20)22)12-14-8-10-15(11-9-14)19(6-2)7-3/h8-13H,5-7H2,1-4H3/b16-12+/t13-/m1/s1. The molecule has 1 saturated heterocycles. The van der Waals surface area contributed by atoms with Gasteiger partial charge in [0.2, 0.25) is 0 Å². The summed E-state index contributed by atoms with van der Waals surface area (Å²) in [6.45, 7) is 10.1. The molecule has 0 aliphatic carbocycles. The molecule has 1 heterocycles. The summed E-state index contributed by atoms with van der Waals surface area (Å²) < 4.78 is 0. The van der Waals surface area contributed by atoms with Crippen molar-refractivity contribution in [3.63, 3.8) is 0 Å². The van der Waals surface area contributed by atoms with E-state index in [0.29, 0.717) is 4.91 Å². The second kappa shape index (κ2) is 7.68. The number of imide groups is 1. The second-order valence-corrected chi connectivity index (χ2v) is 6.57. The third-order valence-corrected chi connectivity index (χ3v) is 5.06. The third-order valence-electron chi connectivity index (χ3n) is 4.17. The topological polar surface area (TPSA) is 40.6 Å². The van der Waals surface area contributed by atoms with Gasteiger partial charge in [-0.15, -0.1) is 0 Å². The van der Waals surface area contributed by atoms with Gasteiger partial charge in [-0.05, 0) is 62.7 Å². The predicted molar refractivity (Wildman–Crippen MR) is 97.6 cm³/mol. The maximum Gasteiger partial charge on any atom is 0.293 e. The summed E-state index contributed by atoms with van der Waals surface area (Å²) in [4.78, 5) is 28.6. The molecule has 0 spiro atoms. The zero-order valence-corrected chi connectivity index (χ0v) is 15.0. The van der Waals surface area contributed by atoms with Gasteiger partial charge in [0.25, 0.3) is 11.1 Å². The molecule has 2 amide bonds. The zero-order valence-electron chi connectivity index (χ0n) is 14.2. The molecule has 1 aliphatic rings. The second-order valence-electron chi connectivity index (χ2n) is 5.57. The molecular formula is C18H24N2O2S. The minimum Gasteiger partial charge on any atom is -0.372 e. The van der Waals surface area contributed by atoms with Crippen molar-refractivity contribution in [1.29, 1.82) is 0 Å². The van der Waals surface area contributed by atoms with Crippen molar-refractivity contribution in [3.05, 3.63) is 34.7 Å². The molecule has 0 radical (unpaired) electrons. The maximum absolute atomic E-state index is 12.4. The lowest BCUT2D eigenvalue weighted by molar-refractivity contribution is -0.124. The number of carbonyl (C=O) groups is 2. The van der Waals surface area contributed by atoms with Gasteiger partial charge in [0.15, 0.2) is 0 Å². The number of nitrogens with zero attached hydrogens (tertiary/aromatic N) is 2. The van der Waals surface area contributed by atoms with E-state index in [9.17, 15) is 9.59 Å². The summed E-state index contributed by atoms with van der Waals surface area (Å²) in [7, 11) is 0. The normalized spacial score (nSPS) is 17.9. The molecule has 1 atom stereocenters. The van der Waals surface area contributed by atoms with Gasteiger partial charge in [0, 0.05) is 24.8 Å². The molecule has 124 valence electrons. The first kappa shape index (κ1) is 17.6. The van der Waals surface area contributed by atoms with E-state index in [2.05, 4.69) is 30.9 Å². The van der Waals surface area contributed by atoms with Crippen LogP contribution in [0.4, 0.5) is 10.5 Å². The number of amides is 2. The molecule has 23 heavy (non-hydrogen) atoms. The van der Waals surface area contributed by atoms with Gasteiger partial charge in [-0.25, -0.2) is 0 Å². The Morgan fingerprint density at radius 1 is 1.13 bits per heavy atom. The smallest absolute Gasteiger partial charge is 0.293 e. The van der Waals surface area contributed by atoms with E-state index >= 15 is 0 Å². The van der Waals surface area contributed by atoms with Crippen LogP contribution in [0.15, 0.2) is 29.2 Å². The average molecular weight is 332 g/mol. The minimum atomic E-state index is -0.179. The number of benzene rings is 1. The van der Waals surface area contributed by atoms with E-state index in [1.165, 1.54) is 10.6 Å². The number of rotatable bonds is 6. The molecule has 0 unspecified atom stereocenters. The quantitative estimate of drug-likeness (QED) is 0.725. The number of carbonyl (C=O) groups excluding carboxylic acids is 2. The molecule has 0 N–H and O–H groups in total. The molecule has 1 aliphatic heterocycles. The van der Waals surface area contributed by atoms with E-state index in [1.54, 1.807) is 6.08 Å². The van der Waals surface area contributed by atoms with Gasteiger partial charge in [-0.1, -0.05) is 19.1 Å². The van der Waals surface area contributed by atoms with E-state index < -0.39 is 0 Å². The van der Waals surface area contributed by atoms with Gasteiger partial charge >= 0.3 is 0 Å². The Balaban J connectivity index is 2.19. The van der Waals surface area contributed by atoms with Crippen LogP contribution in [0.1, 0.15) is 39.7 Å². The summed E-state index contributed by atoms with van der Waals surface area (Å²) in [6.07, 6.45) is 2.57. The summed E-state index contributed by atoms with van der Waals surface area (Å²) in [5.74, 6) is -0.179. The monoisotopic (exact) mass is 332 g/mol. The maximum atomic E-state index is 12.4. The van der Waals surface area contributed by atoms with Gasteiger partial charge in [-0.2, -0.15) is 0 Å². The predicted octanol–water partition coefficient (Wildman–Crippen LogP) is 4.37. The molecule has 0 aromatic heterocycles. The van der Waals surface area contributed by atoms with E-state index in [-0.39, 0.29) is 17.2 Å². The van der Waals surface area contributed by atoms with Crippen molar-refractivity contribution in [3.8, 4) is 0 Å². The van der Waals surface area contributed by atoms with Crippen molar-refractivity contribution in [2.75, 3.05) is 18.0 Å². The first-order chi connectivity index (χ1) is 11.0. The van der Waals surface area contributed by atoms with E-state index in [4.69, 9.17) is 0 Å². The van der Waals surface area contributed by atoms with Crippen LogP contribution in [0.2, 0.25) is 0 Å². The van der Waals surface area contributed by atoms with Gasteiger partial charge in [0.1, 0.15) is 0 Å². The summed E-state index contributed by atoms with van der Waals surface area (Å²) >= 11 is 1.03. The molecule has 0 bridgehead atoms. The number of hydrogen-bond donors (Lipinski definition) is 0. The third kappa shape index (κ3) is 3.78. The highest BCUT2D eigenvalue weighted by Crippen LogP contribution is 2.34. The highest BCUT2D eigenvalue weighted by atomic mass is 32.2. The number of anilines is 1. The molecule has 4 nitrogen and oxygen atoms in total. The summed E-state index contributed by atoms with van der Waals surface area (Å²) in [6, 6.07) is 8.03. The largest absolute Gasteiger partial charge is 0.372 e. The van der Waals surface area contributed by atoms with Gasteiger partial charge in [-0.3, -0.25) is 14.5 Å². The van der Waals surface area contributed by atoms with Crippen molar-refractivity contribution in [2.45, 2.75) is 40.2 Å². The van der Waals surface area contributed by atoms with Crippen molar-refractivity contribution in [2.24, 2.45) is 0 Å². The number of hydrogen-bond acceptors (Lipinski definition) is 4. The van der Waals surface area contributed by atoms with Crippen molar-refractivity contribution >= 4 is 34.7 Å². The lowest BCUT2D eigenvalue weighted by Gasteiger charge is -2.21. The Morgan fingerprint density at radius 3 is 2.26 bits per heavy atom. The van der Waals surface area contributed by atoms with Crippen molar-refractivity contribution < 1.29 is 9.59 Å². The van der Waals surface area contributed by atoms with Crippen LogP contribution in [-0.2, 0) is 4.79 Å². The van der Waals surface area contributed by atoms with Crippen LogP contribution in [0.5, 0.6) is 0 Å². The highest BCUT2D eigenvalue weighted by Gasteiger charge is 2.37. The van der Waals surface area contributed by atoms with E-state index in [0.717, 1.165) is 36.8 Å². The Kier molecular flexibility index (Phi) is 5.88. The van der Waals surface area contributed by atoms with Crippen LogP contribution in [-0.4, -0.2) is 35.2 Å². The van der Waals surface area contributed by atoms with Crippen molar-refractivity contribution in [1.82, 2.24) is 4.90 Å². The lowest BCUT2D eigenvalue weighted by atomic mass is 10.1. The first-order valence-corrected chi connectivity index (χ1v) is 8.95. The average Bonchev–Trinajstić information content (AvgIpc) is 2.83. The van der Waals surface area contributed by atoms with Crippen LogP contribution >= 0.6 is 11.8 Å². The first-order valence-electron chi connectivity index (χ1n) is 8.13.